The van der Waals surface area contributed by atoms with Gasteiger partial charge < -0.3 is 130 Å². The minimum Gasteiger partial charge on any atom is -0.477 e. The quantitative estimate of drug-likeness (QED) is 0.0644. The molecule has 5 fully saturated rings. The third-order valence-corrected chi connectivity index (χ3v) is 12.0. The second kappa shape index (κ2) is 22.4. The molecule has 5 heterocycles. The Labute approximate surface area is 363 Å². The zero-order chi connectivity index (χ0) is 47.5. The minimum atomic E-state index is -2.99. The van der Waals surface area contributed by atoms with Crippen molar-refractivity contribution in [1.82, 2.24) is 5.32 Å². The van der Waals surface area contributed by atoms with Crippen molar-refractivity contribution in [3.63, 3.8) is 0 Å². The number of aliphatic hydroxyl groups excluding tert-OH is 15. The van der Waals surface area contributed by atoms with Crippen LogP contribution in [0.3, 0.4) is 0 Å². The van der Waals surface area contributed by atoms with Crippen LogP contribution >= 0.6 is 0 Å². The number of rotatable bonds is 17. The van der Waals surface area contributed by atoms with Crippen molar-refractivity contribution >= 4 is 11.9 Å². The molecule has 0 spiro atoms. The largest absolute Gasteiger partial charge is 0.477 e. The summed E-state index contributed by atoms with van der Waals surface area (Å²) < 4.78 is 51.2. The van der Waals surface area contributed by atoms with Gasteiger partial charge in [-0.1, -0.05) is 6.92 Å². The molecular weight excluding hydrogens is 878 g/mol. The Bertz CT molecular complexity index is 1500. The molecule has 1 amide bonds. The van der Waals surface area contributed by atoms with Crippen molar-refractivity contribution in [3.05, 3.63) is 0 Å². The van der Waals surface area contributed by atoms with E-state index in [1.54, 1.807) is 0 Å². The molecule has 372 valence electrons. The molecule has 5 rings (SSSR count). The molecule has 25 atom stereocenters. The molecule has 0 aromatic carbocycles. The maximum absolute atomic E-state index is 12.8. The summed E-state index contributed by atoms with van der Waals surface area (Å²) in [6.07, 6.45) is -40.9. The van der Waals surface area contributed by atoms with E-state index in [4.69, 9.17) is 42.6 Å². The van der Waals surface area contributed by atoms with E-state index < -0.39 is 211 Å². The molecule has 0 saturated carbocycles. The van der Waals surface area contributed by atoms with Crippen molar-refractivity contribution in [2.45, 2.75) is 174 Å². The Hall–Kier alpha value is -2.02. The number of aliphatic carboxylic acids is 1. The summed E-state index contributed by atoms with van der Waals surface area (Å²) >= 11 is 0. The fourth-order valence-electron chi connectivity index (χ4n) is 8.28. The van der Waals surface area contributed by atoms with Gasteiger partial charge in [-0.2, -0.15) is 0 Å². The molecule has 0 bridgehead atoms. The van der Waals surface area contributed by atoms with Crippen molar-refractivity contribution in [2.24, 2.45) is 5.92 Å². The number of carbonyl (C=O) groups is 2. The fourth-order valence-corrected chi connectivity index (χ4v) is 8.28. The van der Waals surface area contributed by atoms with Crippen LogP contribution in [0.15, 0.2) is 0 Å². The summed E-state index contributed by atoms with van der Waals surface area (Å²) in [6, 6.07) is -1.66. The van der Waals surface area contributed by atoms with Crippen LogP contribution in [0.25, 0.3) is 0 Å². The van der Waals surface area contributed by atoms with E-state index in [-0.39, 0.29) is 0 Å². The van der Waals surface area contributed by atoms with E-state index in [1.165, 1.54) is 6.92 Å². The standard InChI is InChI=1S/C36H61NO27/c1-10-13(45)4-36(35(54)55,63-27(10)21(47)14(46)5-38)64-30-23(49)18(8-41)60-34(26(30)52)62-29-20(37-11(2)43)33(59-17(7-40)22(29)48)57-15-3-12(44)32(58-16(15)6-39)61-28-19(9-42)56-31(53)25(51)24(28)50/h10,12-34,38-42,44-53H,3-9H2,1-2H3,(H,37,43)(H,54,55)/t10-,12?,13?,14-,15-,16?,17?,18?,19?,20?,21+,22+,23+,24-,25?,26?,27-,28-,29-,30+,31?,32+,33-,34+,36+/m1/s1. The van der Waals surface area contributed by atoms with Gasteiger partial charge in [0.15, 0.2) is 25.2 Å². The Kier molecular flexibility index (Phi) is 18.5. The molecule has 5 aliphatic rings. The lowest BCUT2D eigenvalue weighted by atomic mass is 9.84. The number of amides is 1. The van der Waals surface area contributed by atoms with Gasteiger partial charge in [0.05, 0.1) is 51.3 Å². The number of aliphatic hydroxyl groups is 15. The number of carbonyl (C=O) groups excluding carboxylic acids is 1. The number of hydrogen-bond donors (Lipinski definition) is 17. The Morgan fingerprint density at radius 1 is 0.672 bits per heavy atom. The first-order chi connectivity index (χ1) is 30.2. The van der Waals surface area contributed by atoms with E-state index in [9.17, 15) is 91.3 Å². The van der Waals surface area contributed by atoms with Gasteiger partial charge in [0.2, 0.25) is 5.91 Å². The van der Waals surface area contributed by atoms with Crippen LogP contribution in [0.5, 0.6) is 0 Å². The first-order valence-electron chi connectivity index (χ1n) is 20.5. The van der Waals surface area contributed by atoms with Crippen LogP contribution in [0.4, 0.5) is 0 Å². The summed E-state index contributed by atoms with van der Waals surface area (Å²) in [6.45, 7) is -2.27. The van der Waals surface area contributed by atoms with Crippen molar-refractivity contribution in [1.29, 1.82) is 0 Å². The van der Waals surface area contributed by atoms with Crippen LogP contribution in [-0.2, 0) is 52.2 Å². The molecule has 5 aliphatic heterocycles. The van der Waals surface area contributed by atoms with Crippen LogP contribution in [0, 0.1) is 5.92 Å². The van der Waals surface area contributed by atoms with Crippen LogP contribution in [0.2, 0.25) is 0 Å². The summed E-state index contributed by atoms with van der Waals surface area (Å²) in [5, 5.41) is 170. The normalized spacial score (nSPS) is 47.7. The number of hydrogen-bond acceptors (Lipinski definition) is 26. The average Bonchev–Trinajstić information content (AvgIpc) is 3.26. The highest BCUT2D eigenvalue weighted by Crippen LogP contribution is 2.40. The lowest BCUT2D eigenvalue weighted by Gasteiger charge is -2.51. The van der Waals surface area contributed by atoms with Gasteiger partial charge in [-0.05, 0) is 0 Å². The second-order valence-corrected chi connectivity index (χ2v) is 16.4. The topological polar surface area (TPSA) is 453 Å². The summed E-state index contributed by atoms with van der Waals surface area (Å²) in [7, 11) is 0. The second-order valence-electron chi connectivity index (χ2n) is 16.4. The molecule has 0 radical (unpaired) electrons. The molecule has 10 unspecified atom stereocenters. The monoisotopic (exact) mass is 939 g/mol. The third kappa shape index (κ3) is 11.1. The number of nitrogens with one attached hydrogen (secondary N) is 1. The van der Waals surface area contributed by atoms with E-state index in [0.717, 1.165) is 6.92 Å². The van der Waals surface area contributed by atoms with Crippen LogP contribution in [-0.4, -0.2) is 273 Å². The van der Waals surface area contributed by atoms with E-state index in [0.29, 0.717) is 0 Å². The Balaban J connectivity index is 1.39. The smallest absolute Gasteiger partial charge is 0.364 e. The first kappa shape index (κ1) is 52.9. The zero-order valence-electron chi connectivity index (χ0n) is 34.5. The third-order valence-electron chi connectivity index (χ3n) is 12.0. The highest BCUT2D eigenvalue weighted by Gasteiger charge is 2.60. The van der Waals surface area contributed by atoms with Gasteiger partial charge in [0.1, 0.15) is 97.6 Å². The Morgan fingerprint density at radius 3 is 1.80 bits per heavy atom. The SMILES string of the molecule is CC(=O)NC1[C@H](O[C@@H]2CC(O)[C@H](O[C@@H]3C(CO)OC(O)C(O)[C@H]3O)OC2CO)OC(CO)[C@H](O)[C@@H]1O[C@@H]1OC(CO)[C@H](O)[C@H](O[C@]2(C(=O)O)CC(O)[C@@H](C)[C@H]([C@@H](O)[C@H](O)CO)O2)C1O. The Morgan fingerprint density at radius 2 is 1.23 bits per heavy atom. The molecule has 0 aromatic heterocycles. The van der Waals surface area contributed by atoms with Gasteiger partial charge in [0.25, 0.3) is 5.79 Å². The number of carboxylic acids is 1. The van der Waals surface area contributed by atoms with Gasteiger partial charge in [-0.3, -0.25) is 4.79 Å². The van der Waals surface area contributed by atoms with E-state index in [1.807, 2.05) is 0 Å². The molecule has 0 aliphatic carbocycles. The highest BCUT2D eigenvalue weighted by molar-refractivity contribution is 5.76. The summed E-state index contributed by atoms with van der Waals surface area (Å²) in [5.74, 6) is -6.82. The average molecular weight is 940 g/mol. The number of ether oxygens (including phenoxy) is 9. The minimum absolute atomic E-state index is 0.462. The molecule has 28 nitrogen and oxygen atoms in total. The molecule has 17 N–H and O–H groups in total. The maximum atomic E-state index is 12.8. The van der Waals surface area contributed by atoms with Gasteiger partial charge in [-0.15, -0.1) is 0 Å². The van der Waals surface area contributed by atoms with Crippen LogP contribution in [0.1, 0.15) is 26.7 Å². The zero-order valence-corrected chi connectivity index (χ0v) is 34.5. The van der Waals surface area contributed by atoms with Crippen molar-refractivity contribution in [2.75, 3.05) is 33.0 Å². The summed E-state index contributed by atoms with van der Waals surface area (Å²) in [4.78, 5) is 25.4. The van der Waals surface area contributed by atoms with Gasteiger partial charge in [0, 0.05) is 25.7 Å². The molecule has 28 heteroatoms. The molecule has 64 heavy (non-hydrogen) atoms. The van der Waals surface area contributed by atoms with Crippen LogP contribution < -0.4 is 5.32 Å². The molecular formula is C36H61NO27. The predicted octanol–water partition coefficient (Wildman–Crippen LogP) is -10.3. The van der Waals surface area contributed by atoms with Crippen molar-refractivity contribution < 1.29 is 134 Å². The van der Waals surface area contributed by atoms with E-state index in [2.05, 4.69) is 5.32 Å². The summed E-state index contributed by atoms with van der Waals surface area (Å²) in [5.41, 5.74) is 0. The maximum Gasteiger partial charge on any atom is 0.364 e. The lowest BCUT2D eigenvalue weighted by Crippen LogP contribution is -2.70. The number of carboxylic acid groups (broad SMARTS) is 1. The van der Waals surface area contributed by atoms with Crippen molar-refractivity contribution in [3.8, 4) is 0 Å². The van der Waals surface area contributed by atoms with Gasteiger partial charge in [-0.25, -0.2) is 4.79 Å². The molecule has 5 saturated heterocycles. The molecule has 0 aromatic rings. The first-order valence-corrected chi connectivity index (χ1v) is 20.5. The fraction of sp³-hybridized carbons (Fsp3) is 0.944. The van der Waals surface area contributed by atoms with Gasteiger partial charge >= 0.3 is 5.97 Å². The lowest BCUT2D eigenvalue weighted by molar-refractivity contribution is -0.386. The highest BCUT2D eigenvalue weighted by atomic mass is 16.8. The predicted molar refractivity (Wildman–Crippen MR) is 197 cm³/mol. The van der Waals surface area contributed by atoms with E-state index >= 15 is 0 Å².